The van der Waals surface area contributed by atoms with Crippen LogP contribution in [0.5, 0.6) is 0 Å². The summed E-state index contributed by atoms with van der Waals surface area (Å²) in [6.45, 7) is 1.16. The molecule has 7 heteroatoms. The first-order valence-corrected chi connectivity index (χ1v) is 6.65. The highest BCUT2D eigenvalue weighted by Crippen LogP contribution is 2.36. The molecule has 0 bridgehead atoms. The van der Waals surface area contributed by atoms with E-state index in [1.165, 1.54) is 18.5 Å². The maximum Gasteiger partial charge on any atom is 0.446 e. The number of benzene rings is 1. The number of nitrogens with zero attached hydrogens (tertiary/aromatic N) is 2. The van der Waals surface area contributed by atoms with Gasteiger partial charge in [-0.15, -0.1) is 0 Å². The van der Waals surface area contributed by atoms with Crippen LogP contribution < -0.4 is 5.32 Å². The lowest BCUT2D eigenvalue weighted by Crippen LogP contribution is -2.13. The molecule has 1 aromatic heterocycles. The molecular weight excluding hydrogens is 287 g/mol. The van der Waals surface area contributed by atoms with Crippen molar-refractivity contribution < 1.29 is 13.2 Å². The van der Waals surface area contributed by atoms with Gasteiger partial charge in [0, 0.05) is 24.2 Å². The molecule has 2 rings (SSSR count). The Balaban J connectivity index is 1.82. The highest BCUT2D eigenvalue weighted by molar-refractivity contribution is 8.00. The van der Waals surface area contributed by atoms with E-state index in [1.807, 2.05) is 0 Å². The van der Waals surface area contributed by atoms with Crippen LogP contribution in [0.4, 0.5) is 13.2 Å². The van der Waals surface area contributed by atoms with Gasteiger partial charge in [0.25, 0.3) is 0 Å². The fourth-order valence-electron chi connectivity index (χ4n) is 1.57. The Bertz CT molecular complexity index is 529. The quantitative estimate of drug-likeness (QED) is 0.859. The second kappa shape index (κ2) is 6.71. The van der Waals surface area contributed by atoms with Crippen molar-refractivity contribution in [1.82, 2.24) is 15.3 Å². The van der Waals surface area contributed by atoms with Crippen LogP contribution in [0, 0.1) is 0 Å². The molecule has 2 aromatic rings. The molecule has 1 aromatic carbocycles. The molecule has 0 unspecified atom stereocenters. The summed E-state index contributed by atoms with van der Waals surface area (Å²) in [5.74, 6) is 0. The average Bonchev–Trinajstić information content (AvgIpc) is 2.40. The van der Waals surface area contributed by atoms with Gasteiger partial charge in [0.15, 0.2) is 0 Å². The molecule has 0 aliphatic carbocycles. The molecule has 0 fully saturated rings. The zero-order valence-corrected chi connectivity index (χ0v) is 11.2. The van der Waals surface area contributed by atoms with Gasteiger partial charge in [-0.3, -0.25) is 0 Å². The summed E-state index contributed by atoms with van der Waals surface area (Å²) < 4.78 is 36.5. The van der Waals surface area contributed by atoms with Gasteiger partial charge >= 0.3 is 5.51 Å². The van der Waals surface area contributed by atoms with E-state index in [4.69, 9.17) is 0 Å². The van der Waals surface area contributed by atoms with Gasteiger partial charge in [0.1, 0.15) is 6.33 Å². The van der Waals surface area contributed by atoms with Gasteiger partial charge in [-0.05, 0) is 35.5 Å². The molecule has 0 aliphatic heterocycles. The molecule has 0 spiro atoms. The van der Waals surface area contributed by atoms with Crippen LogP contribution in [0.25, 0.3) is 0 Å². The second-order valence-corrected chi connectivity index (χ2v) is 5.13. The number of rotatable bonds is 5. The third kappa shape index (κ3) is 5.18. The summed E-state index contributed by atoms with van der Waals surface area (Å²) >= 11 is -0.107. The van der Waals surface area contributed by atoms with Crippen molar-refractivity contribution in [3.05, 3.63) is 54.1 Å². The fourth-order valence-corrected chi connectivity index (χ4v) is 2.11. The molecule has 106 valence electrons. The van der Waals surface area contributed by atoms with Crippen molar-refractivity contribution in [2.45, 2.75) is 23.5 Å². The Morgan fingerprint density at radius 3 is 2.40 bits per heavy atom. The minimum atomic E-state index is -4.24. The van der Waals surface area contributed by atoms with E-state index in [-0.39, 0.29) is 16.7 Å². The predicted molar refractivity (Wildman–Crippen MR) is 70.9 cm³/mol. The van der Waals surface area contributed by atoms with E-state index in [9.17, 15) is 13.2 Å². The van der Waals surface area contributed by atoms with Crippen molar-refractivity contribution in [2.24, 2.45) is 0 Å². The lowest BCUT2D eigenvalue weighted by Gasteiger charge is -2.07. The number of alkyl halides is 3. The number of thioether (sulfide) groups is 1. The zero-order chi connectivity index (χ0) is 14.4. The molecule has 3 nitrogen and oxygen atoms in total. The number of halogens is 3. The zero-order valence-electron chi connectivity index (χ0n) is 10.4. The summed E-state index contributed by atoms with van der Waals surface area (Å²) in [4.78, 5) is 8.07. The molecule has 1 N–H and O–H groups in total. The molecule has 0 aliphatic rings. The van der Waals surface area contributed by atoms with Crippen LogP contribution in [-0.2, 0) is 13.1 Å². The number of aromatic nitrogens is 2. The first kappa shape index (κ1) is 14.8. The summed E-state index contributed by atoms with van der Waals surface area (Å²) in [5.41, 5.74) is -2.46. The van der Waals surface area contributed by atoms with Gasteiger partial charge in [-0.25, -0.2) is 9.97 Å². The van der Waals surface area contributed by atoms with Crippen LogP contribution in [0.1, 0.15) is 11.3 Å². The predicted octanol–water partition coefficient (Wildman–Crippen LogP) is 3.38. The maximum atomic E-state index is 12.2. The molecule has 20 heavy (non-hydrogen) atoms. The first-order valence-electron chi connectivity index (χ1n) is 5.83. The van der Waals surface area contributed by atoms with E-state index in [0.717, 1.165) is 11.3 Å². The Hall–Kier alpha value is -1.60. The first-order chi connectivity index (χ1) is 9.53. The topological polar surface area (TPSA) is 37.8 Å². The van der Waals surface area contributed by atoms with Crippen molar-refractivity contribution in [1.29, 1.82) is 0 Å². The monoisotopic (exact) mass is 299 g/mol. The number of nitrogens with one attached hydrogen (secondary N) is 1. The average molecular weight is 299 g/mol. The SMILES string of the molecule is FC(F)(F)Sc1ccc(CNCc2ccncn2)cc1. The second-order valence-electron chi connectivity index (χ2n) is 4.00. The van der Waals surface area contributed by atoms with Crippen LogP contribution in [0.2, 0.25) is 0 Å². The van der Waals surface area contributed by atoms with Gasteiger partial charge in [-0.1, -0.05) is 12.1 Å². The molecular formula is C13H12F3N3S. The van der Waals surface area contributed by atoms with E-state index >= 15 is 0 Å². The highest BCUT2D eigenvalue weighted by Gasteiger charge is 2.28. The molecule has 0 saturated heterocycles. The summed E-state index contributed by atoms with van der Waals surface area (Å²) in [6.07, 6.45) is 3.13. The van der Waals surface area contributed by atoms with Gasteiger partial charge in [-0.2, -0.15) is 13.2 Å². The number of hydrogen-bond donors (Lipinski definition) is 1. The Morgan fingerprint density at radius 1 is 1.05 bits per heavy atom. The summed E-state index contributed by atoms with van der Waals surface area (Å²) in [5, 5.41) is 3.17. The van der Waals surface area contributed by atoms with E-state index < -0.39 is 5.51 Å². The number of hydrogen-bond acceptors (Lipinski definition) is 4. The van der Waals surface area contributed by atoms with Crippen molar-refractivity contribution in [3.63, 3.8) is 0 Å². The third-order valence-electron chi connectivity index (χ3n) is 2.44. The van der Waals surface area contributed by atoms with Crippen LogP contribution in [0.15, 0.2) is 47.8 Å². The van der Waals surface area contributed by atoms with Crippen LogP contribution in [-0.4, -0.2) is 15.5 Å². The van der Waals surface area contributed by atoms with E-state index in [1.54, 1.807) is 24.4 Å². The molecule has 0 atom stereocenters. The fraction of sp³-hybridized carbons (Fsp3) is 0.231. The van der Waals surface area contributed by atoms with Gasteiger partial charge < -0.3 is 5.32 Å². The minimum absolute atomic E-state index is 0.107. The summed E-state index contributed by atoms with van der Waals surface area (Å²) in [6, 6.07) is 8.11. The normalized spacial score (nSPS) is 11.6. The summed E-state index contributed by atoms with van der Waals surface area (Å²) in [7, 11) is 0. The Kier molecular flexibility index (Phi) is 4.97. The molecule has 0 radical (unpaired) electrons. The van der Waals surface area contributed by atoms with Crippen molar-refractivity contribution >= 4 is 11.8 Å². The van der Waals surface area contributed by atoms with E-state index in [0.29, 0.717) is 13.1 Å². The maximum absolute atomic E-state index is 12.2. The largest absolute Gasteiger partial charge is 0.446 e. The molecule has 0 amide bonds. The minimum Gasteiger partial charge on any atom is -0.307 e. The lowest BCUT2D eigenvalue weighted by molar-refractivity contribution is -0.0328. The standard InChI is InChI=1S/C13H12F3N3S/c14-13(15,16)20-12-3-1-10(2-4-12)7-18-8-11-5-6-17-9-19-11/h1-6,9,18H,7-8H2. The Morgan fingerprint density at radius 2 is 1.80 bits per heavy atom. The van der Waals surface area contributed by atoms with Crippen LogP contribution >= 0.6 is 11.8 Å². The third-order valence-corrected chi connectivity index (χ3v) is 3.17. The van der Waals surface area contributed by atoms with E-state index in [2.05, 4.69) is 15.3 Å². The lowest BCUT2D eigenvalue weighted by atomic mass is 10.2. The molecule has 1 heterocycles. The van der Waals surface area contributed by atoms with Gasteiger partial charge in [0.2, 0.25) is 0 Å². The van der Waals surface area contributed by atoms with Gasteiger partial charge in [0.05, 0.1) is 5.69 Å². The van der Waals surface area contributed by atoms with Crippen molar-refractivity contribution in [3.8, 4) is 0 Å². The van der Waals surface area contributed by atoms with Crippen molar-refractivity contribution in [2.75, 3.05) is 0 Å². The smallest absolute Gasteiger partial charge is 0.307 e. The Labute approximate surface area is 118 Å². The molecule has 0 saturated carbocycles. The van der Waals surface area contributed by atoms with Crippen LogP contribution in [0.3, 0.4) is 0 Å². The highest BCUT2D eigenvalue weighted by atomic mass is 32.2.